The number of aromatic nitrogens is 1. The topological polar surface area (TPSA) is 96.3 Å². The molecule has 6 nitrogen and oxygen atoms in total. The average Bonchev–Trinajstić information content (AvgIpc) is 3.50. The van der Waals surface area contributed by atoms with E-state index in [1.54, 1.807) is 21.1 Å². The highest BCUT2D eigenvalue weighted by Crippen LogP contribution is 2.37. The van der Waals surface area contributed by atoms with E-state index in [2.05, 4.69) is 11.1 Å². The Hall–Kier alpha value is -2.94. The average molecular weight is 466 g/mol. The molecule has 1 fully saturated rings. The van der Waals surface area contributed by atoms with Gasteiger partial charge in [0.1, 0.15) is 0 Å². The molecule has 4 aromatic rings. The molecule has 1 aliphatic rings. The molecule has 0 bridgehead atoms. The highest BCUT2D eigenvalue weighted by Gasteiger charge is 2.31. The van der Waals surface area contributed by atoms with E-state index >= 15 is 0 Å². The van der Waals surface area contributed by atoms with Crippen molar-refractivity contribution in [2.45, 2.75) is 23.7 Å². The Morgan fingerprint density at radius 1 is 1.06 bits per heavy atom. The van der Waals surface area contributed by atoms with Gasteiger partial charge in [0.25, 0.3) is 5.91 Å². The number of sulfonamides is 1. The first-order valence-electron chi connectivity index (χ1n) is 10.5. The van der Waals surface area contributed by atoms with Crippen LogP contribution in [0.25, 0.3) is 22.0 Å². The number of carbonyl (C=O) groups excluding carboxylic acids is 1. The quantitative estimate of drug-likeness (QED) is 0.452. The number of primary amides is 1. The SMILES string of the molecule is NC(=O)c1cc(-c2ccccc2)cc2c(C3CCN(S(=O)(=O)c4ccsc4)CC3)c[nH]c12. The lowest BCUT2D eigenvalue weighted by molar-refractivity contribution is 0.100. The monoisotopic (exact) mass is 465 g/mol. The molecule has 3 N–H and O–H groups in total. The third kappa shape index (κ3) is 3.64. The van der Waals surface area contributed by atoms with Crippen molar-refractivity contribution in [3.05, 3.63) is 76.6 Å². The van der Waals surface area contributed by atoms with E-state index in [9.17, 15) is 13.2 Å². The summed E-state index contributed by atoms with van der Waals surface area (Å²) in [5.41, 5.74) is 9.95. The summed E-state index contributed by atoms with van der Waals surface area (Å²) < 4.78 is 27.3. The number of nitrogens with one attached hydrogen (secondary N) is 1. The largest absolute Gasteiger partial charge is 0.366 e. The lowest BCUT2D eigenvalue weighted by Crippen LogP contribution is -2.37. The fourth-order valence-electron chi connectivity index (χ4n) is 4.54. The van der Waals surface area contributed by atoms with Crippen LogP contribution in [0.3, 0.4) is 0 Å². The molecule has 0 unspecified atom stereocenters. The van der Waals surface area contributed by atoms with Crippen LogP contribution in [0.4, 0.5) is 0 Å². The van der Waals surface area contributed by atoms with Crippen LogP contribution >= 0.6 is 11.3 Å². The van der Waals surface area contributed by atoms with Crippen LogP contribution in [0.2, 0.25) is 0 Å². The fraction of sp³-hybridized carbons (Fsp3) is 0.208. The molecule has 5 rings (SSSR count). The van der Waals surface area contributed by atoms with Gasteiger partial charge in [-0.2, -0.15) is 15.6 Å². The number of rotatable bonds is 5. The predicted molar refractivity (Wildman–Crippen MR) is 127 cm³/mol. The maximum Gasteiger partial charge on any atom is 0.250 e. The van der Waals surface area contributed by atoms with E-state index in [4.69, 9.17) is 5.73 Å². The maximum atomic E-state index is 12.9. The zero-order chi connectivity index (χ0) is 22.3. The molecule has 0 radical (unpaired) electrons. The van der Waals surface area contributed by atoms with Gasteiger partial charge in [0.15, 0.2) is 0 Å². The zero-order valence-corrected chi connectivity index (χ0v) is 19.0. The second-order valence-corrected chi connectivity index (χ2v) is 10.8. The van der Waals surface area contributed by atoms with Crippen molar-refractivity contribution in [1.82, 2.24) is 9.29 Å². The van der Waals surface area contributed by atoms with Crippen LogP contribution < -0.4 is 5.73 Å². The molecule has 164 valence electrons. The summed E-state index contributed by atoms with van der Waals surface area (Å²) in [5, 5.41) is 4.43. The van der Waals surface area contributed by atoms with Crippen molar-refractivity contribution in [3.8, 4) is 11.1 Å². The summed E-state index contributed by atoms with van der Waals surface area (Å²) in [6.07, 6.45) is 3.38. The minimum Gasteiger partial charge on any atom is -0.366 e. The predicted octanol–water partition coefficient (Wildman–Crippen LogP) is 4.56. The highest BCUT2D eigenvalue weighted by atomic mass is 32.2. The number of benzene rings is 2. The van der Waals surface area contributed by atoms with Gasteiger partial charge in [0, 0.05) is 30.1 Å². The number of fused-ring (bicyclic) bond motifs is 1. The number of aromatic amines is 1. The van der Waals surface area contributed by atoms with E-state index in [1.165, 1.54) is 11.3 Å². The minimum atomic E-state index is -3.44. The standard InChI is InChI=1S/C24H23N3O3S2/c25-24(28)21-13-18(16-4-2-1-3-5-16)12-20-22(14-26-23(20)21)17-6-9-27(10-7-17)32(29,30)19-8-11-31-15-19/h1-5,8,11-15,17,26H,6-7,9-10H2,(H2,25,28). The molecular formula is C24H23N3O3S2. The second-order valence-electron chi connectivity index (χ2n) is 8.06. The van der Waals surface area contributed by atoms with Crippen molar-refractivity contribution in [2.75, 3.05) is 13.1 Å². The number of H-pyrrole nitrogens is 1. The molecule has 32 heavy (non-hydrogen) atoms. The molecular weight excluding hydrogens is 442 g/mol. The van der Waals surface area contributed by atoms with E-state index in [1.807, 2.05) is 42.6 Å². The summed E-state index contributed by atoms with van der Waals surface area (Å²) in [7, 11) is -3.44. The number of nitrogens with two attached hydrogens (primary N) is 1. The number of carbonyl (C=O) groups is 1. The van der Waals surface area contributed by atoms with Gasteiger partial charge in [-0.3, -0.25) is 4.79 Å². The Balaban J connectivity index is 1.48. The number of piperidine rings is 1. The normalized spacial score (nSPS) is 15.9. The van der Waals surface area contributed by atoms with Crippen LogP contribution in [0.1, 0.15) is 34.7 Å². The first-order valence-corrected chi connectivity index (χ1v) is 12.9. The van der Waals surface area contributed by atoms with E-state index < -0.39 is 15.9 Å². The van der Waals surface area contributed by atoms with Crippen molar-refractivity contribution in [3.63, 3.8) is 0 Å². The third-order valence-corrected chi connectivity index (χ3v) is 8.95. The zero-order valence-electron chi connectivity index (χ0n) is 17.3. The van der Waals surface area contributed by atoms with E-state index in [0.717, 1.165) is 40.4 Å². The summed E-state index contributed by atoms with van der Waals surface area (Å²) >= 11 is 1.39. The molecule has 3 heterocycles. The van der Waals surface area contributed by atoms with E-state index in [0.29, 0.717) is 23.5 Å². The van der Waals surface area contributed by atoms with Crippen LogP contribution in [0, 0.1) is 0 Å². The number of nitrogens with zero attached hydrogens (tertiary/aromatic N) is 1. The molecule has 0 aliphatic carbocycles. The van der Waals surface area contributed by atoms with Crippen LogP contribution in [0.5, 0.6) is 0 Å². The summed E-state index contributed by atoms with van der Waals surface area (Å²) in [6, 6.07) is 15.5. The van der Waals surface area contributed by atoms with Gasteiger partial charge in [-0.05, 0) is 59.0 Å². The van der Waals surface area contributed by atoms with Gasteiger partial charge in [0.2, 0.25) is 10.0 Å². The van der Waals surface area contributed by atoms with Crippen molar-refractivity contribution in [1.29, 1.82) is 0 Å². The van der Waals surface area contributed by atoms with Crippen LogP contribution in [-0.4, -0.2) is 36.7 Å². The number of hydrogen-bond acceptors (Lipinski definition) is 4. The van der Waals surface area contributed by atoms with Crippen LogP contribution in [-0.2, 0) is 10.0 Å². The van der Waals surface area contributed by atoms with Gasteiger partial charge in [-0.25, -0.2) is 8.42 Å². The first kappa shape index (κ1) is 20.9. The van der Waals surface area contributed by atoms with Crippen molar-refractivity contribution < 1.29 is 13.2 Å². The first-order chi connectivity index (χ1) is 15.4. The Morgan fingerprint density at radius 3 is 2.47 bits per heavy atom. The van der Waals surface area contributed by atoms with E-state index in [-0.39, 0.29) is 5.92 Å². The minimum absolute atomic E-state index is 0.199. The van der Waals surface area contributed by atoms with Crippen LogP contribution in [0.15, 0.2) is 70.4 Å². The van der Waals surface area contributed by atoms with Gasteiger partial charge in [0.05, 0.1) is 16.0 Å². The number of hydrogen-bond donors (Lipinski definition) is 2. The highest BCUT2D eigenvalue weighted by molar-refractivity contribution is 7.89. The summed E-state index contributed by atoms with van der Waals surface area (Å²) in [6.45, 7) is 0.938. The summed E-state index contributed by atoms with van der Waals surface area (Å²) in [5.74, 6) is -0.276. The van der Waals surface area contributed by atoms with Gasteiger partial charge >= 0.3 is 0 Å². The molecule has 2 aromatic carbocycles. The second kappa shape index (κ2) is 8.20. The molecule has 1 aliphatic heterocycles. The number of thiophene rings is 1. The molecule has 2 aromatic heterocycles. The smallest absolute Gasteiger partial charge is 0.250 e. The molecule has 8 heteroatoms. The fourth-order valence-corrected chi connectivity index (χ4v) is 7.02. The van der Waals surface area contributed by atoms with Crippen molar-refractivity contribution >= 4 is 38.2 Å². The molecule has 1 amide bonds. The molecule has 0 spiro atoms. The third-order valence-electron chi connectivity index (χ3n) is 6.22. The Kier molecular flexibility index (Phi) is 5.36. The Morgan fingerprint density at radius 2 is 1.81 bits per heavy atom. The molecule has 1 saturated heterocycles. The Bertz CT molecular complexity index is 1370. The Labute approximate surface area is 190 Å². The number of amides is 1. The summed E-state index contributed by atoms with van der Waals surface area (Å²) in [4.78, 5) is 15.8. The van der Waals surface area contributed by atoms with Gasteiger partial charge in [-0.15, -0.1) is 0 Å². The molecule has 0 atom stereocenters. The lowest BCUT2D eigenvalue weighted by Gasteiger charge is -2.31. The van der Waals surface area contributed by atoms with Crippen molar-refractivity contribution in [2.24, 2.45) is 5.73 Å². The van der Waals surface area contributed by atoms with Gasteiger partial charge in [-0.1, -0.05) is 30.3 Å². The molecule has 0 saturated carbocycles. The lowest BCUT2D eigenvalue weighted by atomic mass is 9.88. The maximum absolute atomic E-state index is 12.9. The van der Waals surface area contributed by atoms with Gasteiger partial charge < -0.3 is 10.7 Å².